The molecule has 0 bridgehead atoms. The van der Waals surface area contributed by atoms with Gasteiger partial charge in [0, 0.05) is 18.7 Å². The Balaban J connectivity index is 2.08. The number of benzene rings is 1. The van der Waals surface area contributed by atoms with Crippen LogP contribution in [0.4, 0.5) is 13.2 Å². The molecule has 0 spiro atoms. The van der Waals surface area contributed by atoms with Gasteiger partial charge in [0.25, 0.3) is 0 Å². The molecule has 1 aliphatic heterocycles. The fourth-order valence-electron chi connectivity index (χ4n) is 2.50. The van der Waals surface area contributed by atoms with Crippen molar-refractivity contribution in [1.82, 2.24) is 10.2 Å². The standard InChI is InChI=1S/C15H19F3N2O/c1-11-9-12(15(16,17)18)3-4-13(11)14(21)10-20-7-2-5-19-6-8-20/h3-4,9,19H,2,5-8,10H2,1H3. The van der Waals surface area contributed by atoms with E-state index in [1.165, 1.54) is 6.07 Å². The maximum atomic E-state index is 12.6. The first-order valence-corrected chi connectivity index (χ1v) is 7.02. The molecular formula is C15H19F3N2O. The third-order valence-electron chi connectivity index (χ3n) is 3.65. The van der Waals surface area contributed by atoms with E-state index in [0.29, 0.717) is 11.1 Å². The van der Waals surface area contributed by atoms with Crippen molar-refractivity contribution in [3.05, 3.63) is 34.9 Å². The largest absolute Gasteiger partial charge is 0.416 e. The van der Waals surface area contributed by atoms with Gasteiger partial charge in [-0.05, 0) is 44.1 Å². The Morgan fingerprint density at radius 3 is 2.71 bits per heavy atom. The molecule has 2 rings (SSSR count). The molecule has 0 aromatic heterocycles. The van der Waals surface area contributed by atoms with Gasteiger partial charge in [0.2, 0.25) is 0 Å². The Hall–Kier alpha value is -1.40. The molecule has 0 radical (unpaired) electrons. The van der Waals surface area contributed by atoms with Gasteiger partial charge in [-0.1, -0.05) is 6.07 Å². The van der Waals surface area contributed by atoms with Crippen molar-refractivity contribution in [2.45, 2.75) is 19.5 Å². The highest BCUT2D eigenvalue weighted by Crippen LogP contribution is 2.30. The monoisotopic (exact) mass is 300 g/mol. The lowest BCUT2D eigenvalue weighted by Crippen LogP contribution is -2.33. The van der Waals surface area contributed by atoms with Crippen LogP contribution in [-0.4, -0.2) is 43.4 Å². The number of ketones is 1. The van der Waals surface area contributed by atoms with Crippen LogP contribution in [0.1, 0.15) is 27.9 Å². The van der Waals surface area contributed by atoms with Crippen LogP contribution in [0.15, 0.2) is 18.2 Å². The summed E-state index contributed by atoms with van der Waals surface area (Å²) >= 11 is 0. The molecule has 1 aromatic carbocycles. The summed E-state index contributed by atoms with van der Waals surface area (Å²) in [4.78, 5) is 14.3. The molecule has 0 unspecified atom stereocenters. The molecule has 1 aliphatic rings. The molecule has 3 nitrogen and oxygen atoms in total. The summed E-state index contributed by atoms with van der Waals surface area (Å²) in [5.41, 5.74) is 0.0403. The number of halogens is 3. The molecule has 1 saturated heterocycles. The third kappa shape index (κ3) is 4.28. The zero-order valence-corrected chi connectivity index (χ0v) is 12.0. The van der Waals surface area contributed by atoms with Crippen LogP contribution in [0.3, 0.4) is 0 Å². The van der Waals surface area contributed by atoms with Gasteiger partial charge in [0.15, 0.2) is 5.78 Å². The van der Waals surface area contributed by atoms with Gasteiger partial charge in [-0.15, -0.1) is 0 Å². The van der Waals surface area contributed by atoms with Crippen LogP contribution in [0.2, 0.25) is 0 Å². The summed E-state index contributed by atoms with van der Waals surface area (Å²) in [6.07, 6.45) is -3.40. The molecule has 116 valence electrons. The Bertz CT molecular complexity index is 506. The van der Waals surface area contributed by atoms with Gasteiger partial charge in [-0.2, -0.15) is 13.2 Å². The van der Waals surface area contributed by atoms with Gasteiger partial charge >= 0.3 is 6.18 Å². The summed E-state index contributed by atoms with van der Waals surface area (Å²) in [5, 5.41) is 3.25. The Kier molecular flexibility index (Phi) is 5.00. The van der Waals surface area contributed by atoms with Gasteiger partial charge in [-0.25, -0.2) is 0 Å². The van der Waals surface area contributed by atoms with E-state index in [-0.39, 0.29) is 12.3 Å². The van der Waals surface area contributed by atoms with E-state index in [9.17, 15) is 18.0 Å². The molecule has 0 saturated carbocycles. The molecule has 1 fully saturated rings. The topological polar surface area (TPSA) is 32.3 Å². The number of hydrogen-bond acceptors (Lipinski definition) is 3. The Labute approximate surface area is 122 Å². The van der Waals surface area contributed by atoms with E-state index in [4.69, 9.17) is 0 Å². The van der Waals surface area contributed by atoms with Crippen LogP contribution in [0, 0.1) is 6.92 Å². The van der Waals surface area contributed by atoms with Gasteiger partial charge in [-0.3, -0.25) is 9.69 Å². The molecule has 6 heteroatoms. The van der Waals surface area contributed by atoms with Crippen molar-refractivity contribution in [2.24, 2.45) is 0 Å². The quantitative estimate of drug-likeness (QED) is 0.871. The fraction of sp³-hybridized carbons (Fsp3) is 0.533. The normalized spacial score (nSPS) is 17.5. The highest BCUT2D eigenvalue weighted by molar-refractivity contribution is 5.99. The number of aryl methyl sites for hydroxylation is 1. The van der Waals surface area contributed by atoms with Crippen molar-refractivity contribution in [1.29, 1.82) is 0 Å². The Morgan fingerprint density at radius 2 is 2.05 bits per heavy atom. The average Bonchev–Trinajstić information content (AvgIpc) is 2.66. The van der Waals surface area contributed by atoms with Crippen LogP contribution in [-0.2, 0) is 6.18 Å². The molecular weight excluding hydrogens is 281 g/mol. The van der Waals surface area contributed by atoms with E-state index in [0.717, 1.165) is 44.7 Å². The zero-order valence-electron chi connectivity index (χ0n) is 12.0. The number of alkyl halides is 3. The number of rotatable bonds is 3. The Morgan fingerprint density at radius 1 is 1.29 bits per heavy atom. The minimum Gasteiger partial charge on any atom is -0.315 e. The third-order valence-corrected chi connectivity index (χ3v) is 3.65. The number of carbonyl (C=O) groups excluding carboxylic acids is 1. The summed E-state index contributed by atoms with van der Waals surface area (Å²) in [6.45, 7) is 5.19. The van der Waals surface area contributed by atoms with Crippen LogP contribution < -0.4 is 5.32 Å². The molecule has 1 N–H and O–H groups in total. The van der Waals surface area contributed by atoms with Crippen molar-refractivity contribution < 1.29 is 18.0 Å². The summed E-state index contributed by atoms with van der Waals surface area (Å²) in [5.74, 6) is -0.122. The van der Waals surface area contributed by atoms with E-state index in [1.807, 2.05) is 4.90 Å². The lowest BCUT2D eigenvalue weighted by molar-refractivity contribution is -0.137. The second-order valence-electron chi connectivity index (χ2n) is 5.33. The van der Waals surface area contributed by atoms with Crippen LogP contribution in [0.5, 0.6) is 0 Å². The van der Waals surface area contributed by atoms with Crippen molar-refractivity contribution in [3.63, 3.8) is 0 Å². The summed E-state index contributed by atoms with van der Waals surface area (Å²) < 4.78 is 37.9. The smallest absolute Gasteiger partial charge is 0.315 e. The van der Waals surface area contributed by atoms with Crippen molar-refractivity contribution in [3.8, 4) is 0 Å². The van der Waals surface area contributed by atoms with Crippen molar-refractivity contribution >= 4 is 5.78 Å². The number of carbonyl (C=O) groups is 1. The average molecular weight is 300 g/mol. The second kappa shape index (κ2) is 6.58. The summed E-state index contributed by atoms with van der Waals surface area (Å²) in [7, 11) is 0. The molecule has 1 heterocycles. The van der Waals surface area contributed by atoms with E-state index < -0.39 is 11.7 Å². The molecule has 0 aliphatic carbocycles. The predicted molar refractivity (Wildman–Crippen MR) is 74.4 cm³/mol. The highest BCUT2D eigenvalue weighted by atomic mass is 19.4. The lowest BCUT2D eigenvalue weighted by Gasteiger charge is -2.19. The van der Waals surface area contributed by atoms with Crippen LogP contribution in [0.25, 0.3) is 0 Å². The fourth-order valence-corrected chi connectivity index (χ4v) is 2.50. The maximum Gasteiger partial charge on any atom is 0.416 e. The van der Waals surface area contributed by atoms with Crippen LogP contribution >= 0.6 is 0 Å². The summed E-state index contributed by atoms with van der Waals surface area (Å²) in [6, 6.07) is 3.30. The van der Waals surface area contributed by atoms with E-state index in [2.05, 4.69) is 5.32 Å². The minimum absolute atomic E-state index is 0.122. The first-order valence-electron chi connectivity index (χ1n) is 7.02. The second-order valence-corrected chi connectivity index (χ2v) is 5.33. The number of hydrogen-bond donors (Lipinski definition) is 1. The molecule has 0 atom stereocenters. The first-order chi connectivity index (χ1) is 9.88. The number of nitrogens with one attached hydrogen (secondary N) is 1. The minimum atomic E-state index is -4.37. The lowest BCUT2D eigenvalue weighted by atomic mass is 10.0. The SMILES string of the molecule is Cc1cc(C(F)(F)F)ccc1C(=O)CN1CCCNCC1. The van der Waals surface area contributed by atoms with Gasteiger partial charge in [0.1, 0.15) is 0 Å². The number of nitrogens with zero attached hydrogens (tertiary/aromatic N) is 1. The molecule has 21 heavy (non-hydrogen) atoms. The highest BCUT2D eigenvalue weighted by Gasteiger charge is 2.31. The molecule has 0 amide bonds. The van der Waals surface area contributed by atoms with Crippen molar-refractivity contribution in [2.75, 3.05) is 32.7 Å². The van der Waals surface area contributed by atoms with E-state index in [1.54, 1.807) is 6.92 Å². The molecule has 1 aromatic rings. The predicted octanol–water partition coefficient (Wildman–Crippen LogP) is 2.49. The van der Waals surface area contributed by atoms with Gasteiger partial charge < -0.3 is 5.32 Å². The maximum absolute atomic E-state index is 12.6. The number of Topliss-reactive ketones (excluding diaryl/α,β-unsaturated/α-hetero) is 1. The zero-order chi connectivity index (χ0) is 15.5. The van der Waals surface area contributed by atoms with E-state index >= 15 is 0 Å². The van der Waals surface area contributed by atoms with Gasteiger partial charge in [0.05, 0.1) is 12.1 Å². The first kappa shape index (κ1) is 16.0.